The summed E-state index contributed by atoms with van der Waals surface area (Å²) in [6.07, 6.45) is -2.82. The number of hydrogen-bond acceptors (Lipinski definition) is 2. The molecule has 0 bridgehead atoms. The molecule has 44 heavy (non-hydrogen) atoms. The van der Waals surface area contributed by atoms with Gasteiger partial charge in [0.25, 0.3) is 0 Å². The lowest BCUT2D eigenvalue weighted by Gasteiger charge is -2.44. The first-order valence-corrected chi connectivity index (χ1v) is 15.2. The number of rotatable bonds is 6. The largest absolute Gasteiger partial charge is 0.295 e. The van der Waals surface area contributed by atoms with E-state index in [1.54, 1.807) is 42.5 Å². The maximum absolute atomic E-state index is 15.2. The third-order valence-corrected chi connectivity index (χ3v) is 8.95. The molecule has 6 aromatic rings. The molecule has 5 aromatic carbocycles. The van der Waals surface area contributed by atoms with E-state index in [4.69, 9.17) is 0 Å². The van der Waals surface area contributed by atoms with E-state index in [-0.39, 0.29) is 27.6 Å². The van der Waals surface area contributed by atoms with E-state index in [1.807, 2.05) is 24.3 Å². The van der Waals surface area contributed by atoms with Crippen molar-refractivity contribution in [3.63, 3.8) is 0 Å². The van der Waals surface area contributed by atoms with E-state index in [2.05, 4.69) is 24.1 Å². The summed E-state index contributed by atoms with van der Waals surface area (Å²) in [5.41, 5.74) is 3.16. The average molecular weight is 627 g/mol. The number of ketones is 1. The highest BCUT2D eigenvalue weighted by Gasteiger charge is 2.38. The minimum Gasteiger partial charge on any atom is -0.295 e. The van der Waals surface area contributed by atoms with Crippen LogP contribution in [0.5, 0.6) is 0 Å². The summed E-state index contributed by atoms with van der Waals surface area (Å²) in [5, 5.41) is 2.09. The van der Waals surface area contributed by atoms with Crippen LogP contribution < -0.4 is 21.9 Å². The van der Waals surface area contributed by atoms with Crippen molar-refractivity contribution in [3.8, 4) is 11.1 Å². The van der Waals surface area contributed by atoms with E-state index in [1.165, 1.54) is 78.4 Å². The van der Waals surface area contributed by atoms with Crippen molar-refractivity contribution in [2.24, 2.45) is 0 Å². The highest BCUT2D eigenvalue weighted by Crippen LogP contribution is 2.25. The maximum Gasteiger partial charge on any atom is 0.204 e. The second-order valence-electron chi connectivity index (χ2n) is 10.3. The Labute approximate surface area is 263 Å². The normalized spacial score (nSPS) is 11.0. The smallest absolute Gasteiger partial charge is 0.204 e. The van der Waals surface area contributed by atoms with Crippen molar-refractivity contribution in [3.05, 3.63) is 162 Å². The van der Waals surface area contributed by atoms with Gasteiger partial charge in [0, 0.05) is 29.6 Å². The summed E-state index contributed by atoms with van der Waals surface area (Å²) in [6, 6.07) is 32.7. The summed E-state index contributed by atoms with van der Waals surface area (Å²) in [4.78, 5) is 11.1. The molecule has 1 heterocycles. The van der Waals surface area contributed by atoms with Crippen LogP contribution in [0.1, 0.15) is 17.3 Å². The van der Waals surface area contributed by atoms with Crippen LogP contribution in [0.3, 0.4) is 0 Å². The number of carbonyl (C=O) groups is 1. The number of hydrogen-bond donors (Lipinski definition) is 0. The van der Waals surface area contributed by atoms with Gasteiger partial charge >= 0.3 is 0 Å². The van der Waals surface area contributed by atoms with Crippen LogP contribution in [0, 0.1) is 23.3 Å². The molecular weight excluding hydrogens is 599 g/mol. The minimum atomic E-state index is -2.82. The Bertz CT molecular complexity index is 1730. The van der Waals surface area contributed by atoms with Crippen LogP contribution in [-0.2, 0) is 12.6 Å². The molecule has 1 aromatic heterocycles. The summed E-state index contributed by atoms with van der Waals surface area (Å²) in [6.45, 7) is 1.58. The molecule has 0 aliphatic heterocycles. The first-order valence-electron chi connectivity index (χ1n) is 13.8. The molecule has 0 fully saturated rings. The predicted molar refractivity (Wildman–Crippen MR) is 178 cm³/mol. The van der Waals surface area contributed by atoms with Crippen molar-refractivity contribution in [2.45, 2.75) is 11.1 Å². The van der Waals surface area contributed by atoms with Gasteiger partial charge in [0.2, 0.25) is 4.21 Å². The molecule has 220 valence electrons. The topological polar surface area (TPSA) is 17.1 Å². The lowest BCUT2D eigenvalue weighted by Crippen LogP contribution is -2.77. The van der Waals surface area contributed by atoms with Crippen LogP contribution in [0.15, 0.2) is 137 Å². The Morgan fingerprint density at radius 3 is 1.23 bits per heavy atom. The second-order valence-corrected chi connectivity index (χ2v) is 12.1. The van der Waals surface area contributed by atoms with Gasteiger partial charge in [-0.2, -0.15) is 21.9 Å². The molecule has 0 amide bonds. The van der Waals surface area contributed by atoms with E-state index in [0.29, 0.717) is 0 Å². The Hall–Kier alpha value is -4.40. The van der Waals surface area contributed by atoms with Crippen molar-refractivity contribution < 1.29 is 22.4 Å². The highest BCUT2D eigenvalue weighted by atomic mass is 32.2. The quantitative estimate of drug-likeness (QED) is 0.0881. The number of halogens is 4. The van der Waals surface area contributed by atoms with Crippen LogP contribution in [0.2, 0.25) is 0 Å². The van der Waals surface area contributed by atoms with Gasteiger partial charge in [0.1, 0.15) is 6.15 Å². The highest BCUT2D eigenvalue weighted by molar-refractivity contribution is 7.62. The molecule has 0 spiro atoms. The molecule has 0 aliphatic rings. The predicted octanol–water partition coefficient (Wildman–Crippen LogP) is 6.61. The number of thiophene rings is 1. The number of benzene rings is 5. The molecule has 6 rings (SSSR count). The van der Waals surface area contributed by atoms with Crippen molar-refractivity contribution in [1.29, 1.82) is 0 Å². The standard InChI is InChI=1S/C24H16BF4.C12H10OS2/c26-21-13-5-1-9-17(21)25(18-10-2-6-14-22(18)27,19-11-3-7-15-23(19)28)20-12-4-8-16-24(20)29;1-8(13)9-2-4-10(5-3-9)11-6-12(14)15-7-11/h1-16H;2-7,14H,1H3/q-1;/p+1. The fourth-order valence-electron chi connectivity index (χ4n) is 5.70. The zero-order chi connectivity index (χ0) is 31.3. The zero-order valence-electron chi connectivity index (χ0n) is 23.6. The molecule has 0 unspecified atom stereocenters. The summed E-state index contributed by atoms with van der Waals surface area (Å²) in [5.74, 6) is -2.55. The monoisotopic (exact) mass is 626 g/mol. The fourth-order valence-corrected chi connectivity index (χ4v) is 6.68. The van der Waals surface area contributed by atoms with Gasteiger partial charge in [-0.05, 0) is 42.3 Å². The Morgan fingerprint density at radius 2 is 0.932 bits per heavy atom. The van der Waals surface area contributed by atoms with Gasteiger partial charge in [-0.1, -0.05) is 108 Å². The Kier molecular flexibility index (Phi) is 9.52. The van der Waals surface area contributed by atoms with E-state index in [9.17, 15) is 4.79 Å². The van der Waals surface area contributed by atoms with Gasteiger partial charge in [0.15, 0.2) is 5.78 Å². The molecule has 0 saturated heterocycles. The van der Waals surface area contributed by atoms with Crippen molar-refractivity contribution >= 4 is 57.7 Å². The van der Waals surface area contributed by atoms with E-state index in [0.717, 1.165) is 15.3 Å². The number of carbonyl (C=O) groups excluding carboxylic acids is 1. The summed E-state index contributed by atoms with van der Waals surface area (Å²) in [7, 11) is 0. The van der Waals surface area contributed by atoms with Gasteiger partial charge < -0.3 is 0 Å². The second kappa shape index (κ2) is 13.5. The van der Waals surface area contributed by atoms with Gasteiger partial charge in [0.05, 0.1) is 23.3 Å². The van der Waals surface area contributed by atoms with Crippen LogP contribution >= 0.6 is 11.3 Å². The molecule has 0 radical (unpaired) electrons. The molecular formula is C36H27BF4OS2. The lowest BCUT2D eigenvalue weighted by molar-refractivity contribution is 0.101. The molecule has 1 nitrogen and oxygen atoms in total. The third kappa shape index (κ3) is 6.14. The molecule has 8 heteroatoms. The van der Waals surface area contributed by atoms with Crippen LogP contribution in [0.25, 0.3) is 11.1 Å². The fraction of sp³-hybridized carbons (Fsp3) is 0.0278. The maximum atomic E-state index is 15.2. The van der Waals surface area contributed by atoms with E-state index < -0.39 is 29.4 Å². The minimum absolute atomic E-state index is 0.0211. The molecule has 0 saturated carbocycles. The third-order valence-electron chi connectivity index (χ3n) is 7.71. The molecule has 0 aliphatic carbocycles. The average Bonchev–Trinajstić information content (AvgIpc) is 3.47. The zero-order valence-corrected chi connectivity index (χ0v) is 25.4. The van der Waals surface area contributed by atoms with Crippen LogP contribution in [0.4, 0.5) is 17.6 Å². The lowest BCUT2D eigenvalue weighted by atomic mass is 9.12. The van der Waals surface area contributed by atoms with E-state index >= 15 is 17.6 Å². The van der Waals surface area contributed by atoms with Crippen LogP contribution in [-0.4, -0.2) is 11.9 Å². The Morgan fingerprint density at radius 1 is 0.568 bits per heavy atom. The first-order chi connectivity index (χ1) is 21.2. The van der Waals surface area contributed by atoms with Gasteiger partial charge in [-0.25, -0.2) is 17.6 Å². The van der Waals surface area contributed by atoms with Gasteiger partial charge in [-0.3, -0.25) is 4.79 Å². The molecule has 0 atom stereocenters. The summed E-state index contributed by atoms with van der Waals surface area (Å²) >= 11 is 5.14. The summed E-state index contributed by atoms with van der Waals surface area (Å²) < 4.78 is 61.9. The first kappa shape index (κ1) is 31.0. The van der Waals surface area contributed by atoms with Gasteiger partial charge in [-0.15, -0.1) is 0 Å². The Balaban J connectivity index is 0.000000215. The van der Waals surface area contributed by atoms with Crippen molar-refractivity contribution in [2.75, 3.05) is 0 Å². The SMILES string of the molecule is CC(=O)c1ccc(-c2csc([SH2+])c2)cc1.Fc1ccccc1[B-](c1ccccc1F)(c1ccccc1F)c1ccccc1F. The molecule has 0 N–H and O–H groups in total. The van der Waals surface area contributed by atoms with Crippen molar-refractivity contribution in [1.82, 2.24) is 0 Å². The number of Topliss-reactive ketones (excluding diaryl/α,β-unsaturated/α-hetero) is 1.